The highest BCUT2D eigenvalue weighted by Crippen LogP contribution is 2.32. The number of ether oxygens (including phenoxy) is 3. The van der Waals surface area contributed by atoms with Crippen LogP contribution in [0.1, 0.15) is 33.3 Å². The third-order valence-corrected chi connectivity index (χ3v) is 4.79. The molecule has 2 aliphatic heterocycles. The van der Waals surface area contributed by atoms with E-state index in [2.05, 4.69) is 37.9 Å². The summed E-state index contributed by atoms with van der Waals surface area (Å²) in [6, 6.07) is 5.62. The van der Waals surface area contributed by atoms with Gasteiger partial charge in [-0.25, -0.2) is 0 Å². The SMILES string of the molecule is CC1CN(C(C)(C)CNC(=O)C=Cc2ccc3c(c2)OCO3)CC(C)O1. The molecule has 0 aliphatic carbocycles. The van der Waals surface area contributed by atoms with Crippen LogP contribution in [0.25, 0.3) is 6.08 Å². The topological polar surface area (TPSA) is 60.0 Å². The number of carbonyl (C=O) groups excluding carboxylic acids is 1. The summed E-state index contributed by atoms with van der Waals surface area (Å²) in [7, 11) is 0. The molecule has 142 valence electrons. The maximum absolute atomic E-state index is 12.2. The molecular weight excluding hydrogens is 332 g/mol. The highest BCUT2D eigenvalue weighted by atomic mass is 16.7. The van der Waals surface area contributed by atoms with Gasteiger partial charge in [-0.15, -0.1) is 0 Å². The first-order valence-corrected chi connectivity index (χ1v) is 9.09. The molecule has 1 saturated heterocycles. The average molecular weight is 360 g/mol. The minimum atomic E-state index is -0.130. The molecule has 6 nitrogen and oxygen atoms in total. The van der Waals surface area contributed by atoms with Crippen LogP contribution in [0.15, 0.2) is 24.3 Å². The van der Waals surface area contributed by atoms with E-state index in [9.17, 15) is 4.79 Å². The van der Waals surface area contributed by atoms with Crippen molar-refractivity contribution >= 4 is 12.0 Å². The second kappa shape index (κ2) is 7.68. The number of hydrogen-bond acceptors (Lipinski definition) is 5. The van der Waals surface area contributed by atoms with Crippen LogP contribution in [0.4, 0.5) is 0 Å². The van der Waals surface area contributed by atoms with Crippen LogP contribution in [0, 0.1) is 0 Å². The number of benzene rings is 1. The van der Waals surface area contributed by atoms with Gasteiger partial charge in [0, 0.05) is 31.2 Å². The number of carbonyl (C=O) groups is 1. The molecule has 0 bridgehead atoms. The molecule has 6 heteroatoms. The van der Waals surface area contributed by atoms with Crippen molar-refractivity contribution in [2.24, 2.45) is 0 Å². The fraction of sp³-hybridized carbons (Fsp3) is 0.550. The molecule has 1 aromatic rings. The van der Waals surface area contributed by atoms with Crippen molar-refractivity contribution in [2.75, 3.05) is 26.4 Å². The maximum Gasteiger partial charge on any atom is 0.244 e. The zero-order valence-corrected chi connectivity index (χ0v) is 16.0. The number of amides is 1. The van der Waals surface area contributed by atoms with Crippen LogP contribution in [0.2, 0.25) is 0 Å². The Balaban J connectivity index is 1.53. The molecule has 1 amide bonds. The van der Waals surface area contributed by atoms with Gasteiger partial charge < -0.3 is 19.5 Å². The lowest BCUT2D eigenvalue weighted by atomic mass is 10.00. The van der Waals surface area contributed by atoms with Gasteiger partial charge in [-0.05, 0) is 51.5 Å². The molecule has 0 aromatic heterocycles. The van der Waals surface area contributed by atoms with Crippen LogP contribution >= 0.6 is 0 Å². The number of nitrogens with zero attached hydrogens (tertiary/aromatic N) is 1. The molecule has 0 spiro atoms. The van der Waals surface area contributed by atoms with E-state index in [1.807, 2.05) is 18.2 Å². The van der Waals surface area contributed by atoms with Gasteiger partial charge >= 0.3 is 0 Å². The third kappa shape index (κ3) is 4.56. The van der Waals surface area contributed by atoms with E-state index >= 15 is 0 Å². The first-order valence-electron chi connectivity index (χ1n) is 9.09. The van der Waals surface area contributed by atoms with Gasteiger partial charge in [0.15, 0.2) is 11.5 Å². The zero-order valence-electron chi connectivity index (χ0n) is 16.0. The molecule has 1 aromatic carbocycles. The molecule has 3 rings (SSSR count). The molecule has 2 heterocycles. The van der Waals surface area contributed by atoms with Gasteiger partial charge in [0.2, 0.25) is 12.7 Å². The van der Waals surface area contributed by atoms with E-state index in [1.165, 1.54) is 0 Å². The van der Waals surface area contributed by atoms with Crippen molar-refractivity contribution in [1.29, 1.82) is 0 Å². The fourth-order valence-corrected chi connectivity index (χ4v) is 3.34. The number of nitrogens with one attached hydrogen (secondary N) is 1. The Labute approximate surface area is 155 Å². The van der Waals surface area contributed by atoms with E-state index < -0.39 is 0 Å². The molecular formula is C20H28N2O4. The zero-order chi connectivity index (χ0) is 18.7. The Morgan fingerprint density at radius 2 is 1.92 bits per heavy atom. The van der Waals surface area contributed by atoms with Crippen molar-refractivity contribution in [3.8, 4) is 11.5 Å². The summed E-state index contributed by atoms with van der Waals surface area (Å²) in [5.74, 6) is 1.34. The van der Waals surface area contributed by atoms with E-state index in [1.54, 1.807) is 12.2 Å². The van der Waals surface area contributed by atoms with Gasteiger partial charge in [-0.3, -0.25) is 9.69 Å². The van der Waals surface area contributed by atoms with Crippen molar-refractivity contribution in [1.82, 2.24) is 10.2 Å². The van der Waals surface area contributed by atoms with Crippen molar-refractivity contribution in [2.45, 2.75) is 45.4 Å². The average Bonchev–Trinajstić information content (AvgIpc) is 3.05. The van der Waals surface area contributed by atoms with Crippen LogP contribution in [-0.2, 0) is 9.53 Å². The largest absolute Gasteiger partial charge is 0.454 e. The quantitative estimate of drug-likeness (QED) is 0.818. The van der Waals surface area contributed by atoms with E-state index in [0.717, 1.165) is 24.4 Å². The Hall–Kier alpha value is -2.05. The van der Waals surface area contributed by atoms with Crippen LogP contribution in [-0.4, -0.2) is 55.0 Å². The van der Waals surface area contributed by atoms with Gasteiger partial charge in [0.1, 0.15) is 0 Å². The highest BCUT2D eigenvalue weighted by molar-refractivity contribution is 5.91. The summed E-state index contributed by atoms with van der Waals surface area (Å²) in [4.78, 5) is 14.6. The van der Waals surface area contributed by atoms with Crippen molar-refractivity contribution in [3.05, 3.63) is 29.8 Å². The van der Waals surface area contributed by atoms with Crippen LogP contribution < -0.4 is 14.8 Å². The van der Waals surface area contributed by atoms with Crippen molar-refractivity contribution in [3.63, 3.8) is 0 Å². The highest BCUT2D eigenvalue weighted by Gasteiger charge is 2.33. The van der Waals surface area contributed by atoms with Crippen LogP contribution in [0.5, 0.6) is 11.5 Å². The standard InChI is InChI=1S/C20H28N2O4/c1-14-10-22(11-15(2)26-14)20(3,4)12-21-19(23)8-6-16-5-7-17-18(9-16)25-13-24-17/h5-9,14-15H,10-13H2,1-4H3,(H,21,23). The summed E-state index contributed by atoms with van der Waals surface area (Å²) in [5.41, 5.74) is 0.772. The predicted octanol–water partition coefficient (Wildman–Crippen LogP) is 2.43. The second-order valence-corrected chi connectivity index (χ2v) is 7.64. The first-order chi connectivity index (χ1) is 12.3. The second-order valence-electron chi connectivity index (χ2n) is 7.64. The number of hydrogen-bond donors (Lipinski definition) is 1. The normalized spacial score (nSPS) is 23.4. The smallest absolute Gasteiger partial charge is 0.244 e. The lowest BCUT2D eigenvalue weighted by Gasteiger charge is -2.45. The molecule has 1 N–H and O–H groups in total. The Bertz CT molecular complexity index is 676. The van der Waals surface area contributed by atoms with Gasteiger partial charge in [0.05, 0.1) is 12.2 Å². The van der Waals surface area contributed by atoms with Gasteiger partial charge in [-0.1, -0.05) is 6.07 Å². The van der Waals surface area contributed by atoms with Gasteiger partial charge in [0.25, 0.3) is 0 Å². The maximum atomic E-state index is 12.2. The molecule has 26 heavy (non-hydrogen) atoms. The van der Waals surface area contributed by atoms with E-state index in [-0.39, 0.29) is 30.4 Å². The first kappa shape index (κ1) is 18.7. The molecule has 2 atom stereocenters. The predicted molar refractivity (Wildman–Crippen MR) is 100 cm³/mol. The number of fused-ring (bicyclic) bond motifs is 1. The number of morpholine rings is 1. The summed E-state index contributed by atoms with van der Waals surface area (Å²) < 4.78 is 16.4. The summed E-state index contributed by atoms with van der Waals surface area (Å²) >= 11 is 0. The lowest BCUT2D eigenvalue weighted by Crippen LogP contribution is -2.58. The fourth-order valence-electron chi connectivity index (χ4n) is 3.34. The Morgan fingerprint density at radius 1 is 1.23 bits per heavy atom. The number of rotatable bonds is 5. The van der Waals surface area contributed by atoms with Gasteiger partial charge in [-0.2, -0.15) is 0 Å². The third-order valence-electron chi connectivity index (χ3n) is 4.79. The lowest BCUT2D eigenvalue weighted by molar-refractivity contribution is -0.118. The molecule has 0 radical (unpaired) electrons. The van der Waals surface area contributed by atoms with E-state index in [0.29, 0.717) is 12.3 Å². The van der Waals surface area contributed by atoms with Crippen molar-refractivity contribution < 1.29 is 19.0 Å². The monoisotopic (exact) mass is 360 g/mol. The Morgan fingerprint density at radius 3 is 2.65 bits per heavy atom. The van der Waals surface area contributed by atoms with E-state index in [4.69, 9.17) is 14.2 Å². The summed E-state index contributed by atoms with van der Waals surface area (Å²) in [5, 5.41) is 3.01. The molecule has 0 saturated carbocycles. The molecule has 2 aliphatic rings. The summed E-state index contributed by atoms with van der Waals surface area (Å²) in [6.07, 6.45) is 3.75. The Kier molecular flexibility index (Phi) is 5.53. The minimum absolute atomic E-state index is 0.106. The minimum Gasteiger partial charge on any atom is -0.454 e. The molecule has 1 fully saturated rings. The van der Waals surface area contributed by atoms with Crippen LogP contribution in [0.3, 0.4) is 0 Å². The summed E-state index contributed by atoms with van der Waals surface area (Å²) in [6.45, 7) is 11.1. The molecule has 2 unspecified atom stereocenters.